The van der Waals surface area contributed by atoms with E-state index in [1.54, 1.807) is 48.8 Å². The first-order chi connectivity index (χ1) is 12.3. The van der Waals surface area contributed by atoms with Gasteiger partial charge in [-0.2, -0.15) is 0 Å². The fourth-order valence-electron chi connectivity index (χ4n) is 2.41. The number of rotatable bonds is 4. The van der Waals surface area contributed by atoms with E-state index in [9.17, 15) is 4.79 Å². The molecule has 0 aliphatic carbocycles. The molecule has 0 spiro atoms. The van der Waals surface area contributed by atoms with Gasteiger partial charge in [-0.25, -0.2) is 4.98 Å². The van der Waals surface area contributed by atoms with Crippen LogP contribution in [0, 0.1) is 0 Å². The molecule has 4 aromatic rings. The average molecular weight is 330 g/mol. The molecule has 0 bridgehead atoms. The Hall–Kier alpha value is -3.67. The largest absolute Gasteiger partial charge is 0.457 e. The van der Waals surface area contributed by atoms with E-state index in [2.05, 4.69) is 20.3 Å². The molecule has 0 radical (unpaired) electrons. The number of hydrogen-bond donors (Lipinski definition) is 2. The number of aromatic nitrogens is 3. The fourth-order valence-corrected chi connectivity index (χ4v) is 2.41. The van der Waals surface area contributed by atoms with Gasteiger partial charge in [-0.15, -0.1) is 0 Å². The molecule has 25 heavy (non-hydrogen) atoms. The number of nitrogens with zero attached hydrogens (tertiary/aromatic N) is 2. The number of pyridine rings is 1. The smallest absolute Gasteiger partial charge is 0.257 e. The Morgan fingerprint density at radius 3 is 2.40 bits per heavy atom. The van der Waals surface area contributed by atoms with Crippen LogP contribution in [0.25, 0.3) is 11.0 Å². The molecule has 0 unspecified atom stereocenters. The predicted molar refractivity (Wildman–Crippen MR) is 94.8 cm³/mol. The summed E-state index contributed by atoms with van der Waals surface area (Å²) in [6, 6.07) is 18.0. The lowest BCUT2D eigenvalue weighted by molar-refractivity contribution is 0.102. The van der Waals surface area contributed by atoms with E-state index in [1.807, 2.05) is 24.3 Å². The van der Waals surface area contributed by atoms with Crippen LogP contribution >= 0.6 is 0 Å². The topological polar surface area (TPSA) is 79.9 Å². The van der Waals surface area contributed by atoms with Crippen LogP contribution < -0.4 is 10.1 Å². The predicted octanol–water partition coefficient (Wildman–Crippen LogP) is 4.00. The van der Waals surface area contributed by atoms with Crippen molar-refractivity contribution in [1.82, 2.24) is 15.0 Å². The highest BCUT2D eigenvalue weighted by Gasteiger charge is 2.09. The molecule has 6 heteroatoms. The van der Waals surface area contributed by atoms with Gasteiger partial charge in [0.1, 0.15) is 11.5 Å². The summed E-state index contributed by atoms with van der Waals surface area (Å²) < 4.78 is 5.68. The van der Waals surface area contributed by atoms with Crippen LogP contribution in [-0.4, -0.2) is 20.9 Å². The summed E-state index contributed by atoms with van der Waals surface area (Å²) in [5.41, 5.74) is 2.19. The van der Waals surface area contributed by atoms with E-state index in [0.717, 1.165) is 11.0 Å². The number of ether oxygens (including phenoxy) is 1. The summed E-state index contributed by atoms with van der Waals surface area (Å²) in [5, 5.41) is 2.76. The zero-order valence-corrected chi connectivity index (χ0v) is 13.1. The van der Waals surface area contributed by atoms with E-state index in [-0.39, 0.29) is 5.91 Å². The lowest BCUT2D eigenvalue weighted by atomic mass is 10.2. The SMILES string of the molecule is O=C(Nc1nc2ccccc2[nH]1)c1ccc(Oc2ccncc2)cc1. The Balaban J connectivity index is 1.46. The van der Waals surface area contributed by atoms with Crippen molar-refractivity contribution in [3.63, 3.8) is 0 Å². The van der Waals surface area contributed by atoms with Gasteiger partial charge in [0.05, 0.1) is 11.0 Å². The molecule has 0 fully saturated rings. The van der Waals surface area contributed by atoms with Crippen molar-refractivity contribution in [2.24, 2.45) is 0 Å². The van der Waals surface area contributed by atoms with Crippen LogP contribution in [0.4, 0.5) is 5.95 Å². The molecule has 0 saturated heterocycles. The Labute approximate surface area is 143 Å². The minimum atomic E-state index is -0.241. The van der Waals surface area contributed by atoms with Gasteiger partial charge in [-0.3, -0.25) is 15.1 Å². The van der Waals surface area contributed by atoms with Crippen molar-refractivity contribution in [3.8, 4) is 11.5 Å². The van der Waals surface area contributed by atoms with Gasteiger partial charge in [0.25, 0.3) is 5.91 Å². The van der Waals surface area contributed by atoms with Crippen molar-refractivity contribution in [1.29, 1.82) is 0 Å². The summed E-state index contributed by atoms with van der Waals surface area (Å²) in [5.74, 6) is 1.51. The number of hydrogen-bond acceptors (Lipinski definition) is 4. The molecule has 6 nitrogen and oxygen atoms in total. The van der Waals surface area contributed by atoms with E-state index in [4.69, 9.17) is 4.74 Å². The number of aromatic amines is 1. The van der Waals surface area contributed by atoms with Crippen LogP contribution in [0.5, 0.6) is 11.5 Å². The molecule has 4 rings (SSSR count). The van der Waals surface area contributed by atoms with Gasteiger partial charge >= 0.3 is 0 Å². The highest BCUT2D eigenvalue weighted by Crippen LogP contribution is 2.21. The molecule has 0 saturated carbocycles. The fraction of sp³-hybridized carbons (Fsp3) is 0. The first-order valence-electron chi connectivity index (χ1n) is 7.72. The summed E-state index contributed by atoms with van der Waals surface area (Å²) in [6.07, 6.45) is 3.31. The summed E-state index contributed by atoms with van der Waals surface area (Å²) in [4.78, 5) is 23.7. The lowest BCUT2D eigenvalue weighted by Gasteiger charge is -2.06. The number of imidazole rings is 1. The normalized spacial score (nSPS) is 10.6. The molecule has 2 aromatic carbocycles. The summed E-state index contributed by atoms with van der Waals surface area (Å²) in [7, 11) is 0. The molecule has 2 heterocycles. The zero-order valence-electron chi connectivity index (χ0n) is 13.1. The number of carbonyl (C=O) groups is 1. The summed E-state index contributed by atoms with van der Waals surface area (Å²) in [6.45, 7) is 0. The number of nitrogens with one attached hydrogen (secondary N) is 2. The van der Waals surface area contributed by atoms with Gasteiger partial charge in [-0.1, -0.05) is 12.1 Å². The van der Waals surface area contributed by atoms with Gasteiger partial charge < -0.3 is 9.72 Å². The average Bonchev–Trinajstić information content (AvgIpc) is 3.05. The van der Waals surface area contributed by atoms with Crippen molar-refractivity contribution in [3.05, 3.63) is 78.6 Å². The molecular formula is C19H14N4O2. The standard InChI is InChI=1S/C19H14N4O2/c24-18(23-19-21-16-3-1-2-4-17(16)22-19)13-5-7-14(8-6-13)25-15-9-11-20-12-10-15/h1-12H,(H2,21,22,23,24). The minimum Gasteiger partial charge on any atom is -0.457 e. The highest BCUT2D eigenvalue weighted by atomic mass is 16.5. The Kier molecular flexibility index (Phi) is 3.84. The molecule has 2 N–H and O–H groups in total. The highest BCUT2D eigenvalue weighted by molar-refractivity contribution is 6.04. The Morgan fingerprint density at radius 1 is 0.920 bits per heavy atom. The third kappa shape index (κ3) is 3.32. The second-order valence-corrected chi connectivity index (χ2v) is 5.37. The molecule has 0 aliphatic rings. The second-order valence-electron chi connectivity index (χ2n) is 5.37. The van der Waals surface area contributed by atoms with Crippen LogP contribution in [-0.2, 0) is 0 Å². The number of H-pyrrole nitrogens is 1. The molecular weight excluding hydrogens is 316 g/mol. The van der Waals surface area contributed by atoms with E-state index in [0.29, 0.717) is 23.0 Å². The van der Waals surface area contributed by atoms with E-state index >= 15 is 0 Å². The maximum Gasteiger partial charge on any atom is 0.257 e. The maximum atomic E-state index is 12.3. The molecule has 0 atom stereocenters. The minimum absolute atomic E-state index is 0.241. The number of carbonyl (C=O) groups excluding carboxylic acids is 1. The molecule has 0 aliphatic heterocycles. The van der Waals surface area contributed by atoms with Crippen LogP contribution in [0.15, 0.2) is 73.1 Å². The van der Waals surface area contributed by atoms with E-state index < -0.39 is 0 Å². The van der Waals surface area contributed by atoms with Crippen LogP contribution in [0.3, 0.4) is 0 Å². The van der Waals surface area contributed by atoms with Crippen LogP contribution in [0.2, 0.25) is 0 Å². The Bertz CT molecular complexity index is 977. The van der Waals surface area contributed by atoms with Gasteiger partial charge in [0, 0.05) is 18.0 Å². The first-order valence-corrected chi connectivity index (χ1v) is 7.72. The Morgan fingerprint density at radius 2 is 1.64 bits per heavy atom. The zero-order chi connectivity index (χ0) is 17.1. The lowest BCUT2D eigenvalue weighted by Crippen LogP contribution is -2.12. The maximum absolute atomic E-state index is 12.3. The van der Waals surface area contributed by atoms with Gasteiger partial charge in [0.15, 0.2) is 0 Å². The van der Waals surface area contributed by atoms with Crippen molar-refractivity contribution in [2.75, 3.05) is 5.32 Å². The second kappa shape index (κ2) is 6.45. The number of amides is 1. The number of benzene rings is 2. The third-order valence-electron chi connectivity index (χ3n) is 3.62. The molecule has 1 amide bonds. The van der Waals surface area contributed by atoms with E-state index in [1.165, 1.54) is 0 Å². The molecule has 122 valence electrons. The van der Waals surface area contributed by atoms with Crippen molar-refractivity contribution >= 4 is 22.9 Å². The van der Waals surface area contributed by atoms with Crippen molar-refractivity contribution in [2.45, 2.75) is 0 Å². The third-order valence-corrected chi connectivity index (χ3v) is 3.62. The van der Waals surface area contributed by atoms with Gasteiger partial charge in [0.2, 0.25) is 5.95 Å². The quantitative estimate of drug-likeness (QED) is 0.592. The number of para-hydroxylation sites is 2. The number of anilines is 1. The van der Waals surface area contributed by atoms with Crippen LogP contribution in [0.1, 0.15) is 10.4 Å². The summed E-state index contributed by atoms with van der Waals surface area (Å²) >= 11 is 0. The van der Waals surface area contributed by atoms with Gasteiger partial charge in [-0.05, 0) is 48.5 Å². The molecule has 2 aromatic heterocycles. The first kappa shape index (κ1) is 14.9. The monoisotopic (exact) mass is 330 g/mol. The van der Waals surface area contributed by atoms with Crippen molar-refractivity contribution < 1.29 is 9.53 Å². The number of fused-ring (bicyclic) bond motifs is 1.